The average Bonchev–Trinajstić information content (AvgIpc) is 2.70. The maximum Gasteiger partial charge on any atom is 0.338 e. The van der Waals surface area contributed by atoms with Crippen LogP contribution in [0, 0.1) is 0 Å². The van der Waals surface area contributed by atoms with E-state index in [1.54, 1.807) is 14.2 Å². The molecule has 0 heterocycles. The van der Waals surface area contributed by atoms with Gasteiger partial charge >= 0.3 is 5.97 Å². The molecule has 0 aliphatic heterocycles. The number of rotatable bonds is 5. The lowest BCUT2D eigenvalue weighted by atomic mass is 9.96. The van der Waals surface area contributed by atoms with E-state index in [0.717, 1.165) is 27.3 Å². The number of ether oxygens (including phenoxy) is 3. The normalized spacial score (nSPS) is 12.1. The molecule has 0 fully saturated rings. The van der Waals surface area contributed by atoms with Crippen LogP contribution in [0.4, 0.5) is 0 Å². The fourth-order valence-electron chi connectivity index (χ4n) is 3.24. The predicted molar refractivity (Wildman–Crippen MR) is 124 cm³/mol. The molecule has 5 nitrogen and oxygen atoms in total. The Kier molecular flexibility index (Phi) is 5.74. The summed E-state index contributed by atoms with van der Waals surface area (Å²) in [6.07, 6.45) is 0. The molecule has 0 amide bonds. The molecule has 0 radical (unpaired) electrons. The molecule has 0 atom stereocenters. The molecule has 3 aromatic carbocycles. The van der Waals surface area contributed by atoms with Crippen molar-refractivity contribution >= 4 is 35.8 Å². The highest BCUT2D eigenvalue weighted by Gasteiger charge is 2.39. The second-order valence-corrected chi connectivity index (χ2v) is 13.6. The summed E-state index contributed by atoms with van der Waals surface area (Å²) in [5.74, 6) is 1.60. The Morgan fingerprint density at radius 3 is 1.97 bits per heavy atom. The summed E-state index contributed by atoms with van der Waals surface area (Å²) in [5.41, 5.74) is 0.485. The second-order valence-electron chi connectivity index (χ2n) is 8.91. The molecule has 0 aromatic heterocycles. The maximum absolute atomic E-state index is 12.5. The van der Waals surface area contributed by atoms with E-state index < -0.39 is 14.3 Å². The van der Waals surface area contributed by atoms with Crippen LogP contribution in [0.15, 0.2) is 36.4 Å². The van der Waals surface area contributed by atoms with E-state index in [4.69, 9.17) is 18.6 Å². The van der Waals surface area contributed by atoms with E-state index in [1.165, 1.54) is 7.11 Å². The minimum absolute atomic E-state index is 0.0926. The van der Waals surface area contributed by atoms with Gasteiger partial charge in [0.1, 0.15) is 5.75 Å². The van der Waals surface area contributed by atoms with Crippen molar-refractivity contribution in [1.29, 1.82) is 0 Å². The molecule has 0 spiro atoms. The molecule has 6 heteroatoms. The number of hydrogen-bond donors (Lipinski definition) is 0. The summed E-state index contributed by atoms with van der Waals surface area (Å²) in [7, 11) is 2.57. The Morgan fingerprint density at radius 2 is 1.43 bits per heavy atom. The summed E-state index contributed by atoms with van der Waals surface area (Å²) < 4.78 is 22.5. The van der Waals surface area contributed by atoms with Gasteiger partial charge in [-0.1, -0.05) is 26.8 Å². The molecule has 30 heavy (non-hydrogen) atoms. The predicted octanol–water partition coefficient (Wildman–Crippen LogP) is 6.18. The van der Waals surface area contributed by atoms with Crippen LogP contribution < -0.4 is 13.9 Å². The molecule has 0 aliphatic rings. The van der Waals surface area contributed by atoms with Crippen molar-refractivity contribution in [2.45, 2.75) is 38.9 Å². The van der Waals surface area contributed by atoms with Crippen LogP contribution >= 0.6 is 0 Å². The Morgan fingerprint density at radius 1 is 0.833 bits per heavy atom. The molecule has 0 bridgehead atoms. The largest absolute Gasteiger partial charge is 0.543 e. The topological polar surface area (TPSA) is 54.0 Å². The second kappa shape index (κ2) is 7.83. The van der Waals surface area contributed by atoms with Crippen LogP contribution in [-0.4, -0.2) is 35.6 Å². The Hall–Kier alpha value is -2.73. The van der Waals surface area contributed by atoms with Crippen LogP contribution in [0.25, 0.3) is 21.5 Å². The first-order valence-electron chi connectivity index (χ1n) is 9.92. The van der Waals surface area contributed by atoms with E-state index in [0.29, 0.717) is 17.1 Å². The number of benzene rings is 3. The Bertz CT molecular complexity index is 1110. The van der Waals surface area contributed by atoms with Gasteiger partial charge in [0.2, 0.25) is 8.32 Å². The smallest absolute Gasteiger partial charge is 0.338 e. The SMILES string of the molecule is COC(=O)c1cc2ccc(O[Si](C)(C)C(C)(C)C)cc2c2cc(OC)c(OC)cc12. The van der Waals surface area contributed by atoms with Crippen molar-refractivity contribution in [3.63, 3.8) is 0 Å². The van der Waals surface area contributed by atoms with Gasteiger partial charge in [0, 0.05) is 5.39 Å². The van der Waals surface area contributed by atoms with Crippen LogP contribution in [0.3, 0.4) is 0 Å². The molecule has 0 saturated carbocycles. The zero-order valence-electron chi connectivity index (χ0n) is 19.0. The summed E-state index contributed by atoms with van der Waals surface area (Å²) >= 11 is 0. The van der Waals surface area contributed by atoms with Gasteiger partial charge < -0.3 is 18.6 Å². The first-order chi connectivity index (χ1) is 14.0. The highest BCUT2D eigenvalue weighted by Crippen LogP contribution is 2.41. The fraction of sp³-hybridized carbons (Fsp3) is 0.375. The van der Waals surface area contributed by atoms with Crippen LogP contribution in [0.2, 0.25) is 18.1 Å². The molecule has 0 saturated heterocycles. The molecular weight excluding hydrogens is 396 g/mol. The molecule has 3 rings (SSSR count). The average molecular weight is 427 g/mol. The van der Waals surface area contributed by atoms with Gasteiger partial charge in [-0.2, -0.15) is 0 Å². The third-order valence-electron chi connectivity index (χ3n) is 6.01. The number of esters is 1. The molecular formula is C24H30O5Si. The lowest BCUT2D eigenvalue weighted by Crippen LogP contribution is -2.43. The summed E-state index contributed by atoms with van der Waals surface area (Å²) in [6, 6.07) is 11.6. The highest BCUT2D eigenvalue weighted by molar-refractivity contribution is 6.74. The van der Waals surface area contributed by atoms with Gasteiger partial charge in [0.15, 0.2) is 11.5 Å². The van der Waals surface area contributed by atoms with Crippen LogP contribution in [0.5, 0.6) is 17.2 Å². The third kappa shape index (κ3) is 3.84. The molecule has 0 aliphatic carbocycles. The molecule has 0 unspecified atom stereocenters. The molecule has 3 aromatic rings. The lowest BCUT2D eigenvalue weighted by molar-refractivity contribution is 0.0603. The molecule has 0 N–H and O–H groups in total. The number of fused-ring (bicyclic) bond motifs is 3. The summed E-state index contributed by atoms with van der Waals surface area (Å²) in [6.45, 7) is 11.1. The standard InChI is InChI=1S/C24H30O5Si/c1-24(2,3)30(7,8)29-16-10-9-15-11-20(23(25)28-6)19-14-22(27-5)21(26-4)13-18(19)17(15)12-16/h9-14H,1-8H3. The van der Waals surface area contributed by atoms with Crippen LogP contribution in [0.1, 0.15) is 31.1 Å². The number of carbonyl (C=O) groups is 1. The Labute approximate surface area is 179 Å². The monoisotopic (exact) mass is 426 g/mol. The van der Waals surface area contributed by atoms with E-state index in [-0.39, 0.29) is 5.04 Å². The first kappa shape index (κ1) is 22.0. The van der Waals surface area contributed by atoms with E-state index in [9.17, 15) is 4.79 Å². The Balaban J connectivity index is 2.31. The zero-order chi connectivity index (χ0) is 22.3. The quantitative estimate of drug-likeness (QED) is 0.277. The van der Waals surface area contributed by atoms with Crippen LogP contribution in [-0.2, 0) is 4.74 Å². The number of methoxy groups -OCH3 is 3. The first-order valence-corrected chi connectivity index (χ1v) is 12.8. The summed E-state index contributed by atoms with van der Waals surface area (Å²) in [5, 5.41) is 3.63. The van der Waals surface area contributed by atoms with Crippen molar-refractivity contribution in [3.05, 3.63) is 42.0 Å². The van der Waals surface area contributed by atoms with Crippen molar-refractivity contribution in [1.82, 2.24) is 0 Å². The van der Waals surface area contributed by atoms with Gasteiger partial charge in [0.25, 0.3) is 0 Å². The van der Waals surface area contributed by atoms with Gasteiger partial charge in [-0.05, 0) is 64.6 Å². The minimum Gasteiger partial charge on any atom is -0.543 e. The lowest BCUT2D eigenvalue weighted by Gasteiger charge is -2.36. The zero-order valence-corrected chi connectivity index (χ0v) is 20.0. The molecule has 160 valence electrons. The highest BCUT2D eigenvalue weighted by atomic mass is 28.4. The maximum atomic E-state index is 12.5. The summed E-state index contributed by atoms with van der Waals surface area (Å²) in [4.78, 5) is 12.5. The third-order valence-corrected chi connectivity index (χ3v) is 10.4. The van der Waals surface area contributed by atoms with Crippen molar-refractivity contribution in [2.75, 3.05) is 21.3 Å². The van der Waals surface area contributed by atoms with Gasteiger partial charge in [-0.3, -0.25) is 0 Å². The number of carbonyl (C=O) groups excluding carboxylic acids is 1. The van der Waals surface area contributed by atoms with Crippen molar-refractivity contribution in [2.24, 2.45) is 0 Å². The van der Waals surface area contributed by atoms with E-state index >= 15 is 0 Å². The van der Waals surface area contributed by atoms with Gasteiger partial charge in [0.05, 0.1) is 26.9 Å². The van der Waals surface area contributed by atoms with E-state index in [2.05, 4.69) is 33.9 Å². The van der Waals surface area contributed by atoms with Crippen molar-refractivity contribution < 1.29 is 23.4 Å². The van der Waals surface area contributed by atoms with Crippen molar-refractivity contribution in [3.8, 4) is 17.2 Å². The number of hydrogen-bond acceptors (Lipinski definition) is 5. The van der Waals surface area contributed by atoms with E-state index in [1.807, 2.05) is 36.4 Å². The fourth-order valence-corrected chi connectivity index (χ4v) is 4.26. The van der Waals surface area contributed by atoms with Gasteiger partial charge in [-0.15, -0.1) is 0 Å². The minimum atomic E-state index is -1.99. The van der Waals surface area contributed by atoms with Gasteiger partial charge in [-0.25, -0.2) is 4.79 Å².